The molecule has 20 heavy (non-hydrogen) atoms. The number of nitrogens with one attached hydrogen (secondary N) is 3. The Kier molecular flexibility index (Phi) is 7.55. The van der Waals surface area contributed by atoms with E-state index in [-0.39, 0.29) is 0 Å². The molecule has 0 aliphatic carbocycles. The summed E-state index contributed by atoms with van der Waals surface area (Å²) in [5.41, 5.74) is 2.43. The first kappa shape index (κ1) is 16.9. The lowest BCUT2D eigenvalue weighted by molar-refractivity contribution is -0.858. The van der Waals surface area contributed by atoms with Crippen LogP contribution in [-0.4, -0.2) is 32.3 Å². The fraction of sp³-hybridized carbons (Fsp3) is 0.562. The highest BCUT2D eigenvalue weighted by atomic mass is 32.1. The van der Waals surface area contributed by atoms with Gasteiger partial charge < -0.3 is 15.5 Å². The fourth-order valence-corrected chi connectivity index (χ4v) is 2.17. The van der Waals surface area contributed by atoms with Gasteiger partial charge in [-0.2, -0.15) is 0 Å². The molecule has 0 radical (unpaired) electrons. The molecule has 1 atom stereocenters. The molecule has 0 saturated carbocycles. The summed E-state index contributed by atoms with van der Waals surface area (Å²) in [6, 6.07) is 8.54. The summed E-state index contributed by atoms with van der Waals surface area (Å²) in [5, 5.41) is 7.17. The minimum Gasteiger partial charge on any atom is -0.362 e. The van der Waals surface area contributed by atoms with Gasteiger partial charge in [-0.25, -0.2) is 0 Å². The fourth-order valence-electron chi connectivity index (χ4n) is 1.95. The van der Waals surface area contributed by atoms with E-state index in [2.05, 4.69) is 62.8 Å². The smallest absolute Gasteiger partial charge is 0.170 e. The van der Waals surface area contributed by atoms with E-state index in [4.69, 9.17) is 12.2 Å². The predicted molar refractivity (Wildman–Crippen MR) is 91.7 cm³/mol. The molecule has 3 nitrogen and oxygen atoms in total. The van der Waals surface area contributed by atoms with Crippen molar-refractivity contribution in [1.82, 2.24) is 5.32 Å². The lowest BCUT2D eigenvalue weighted by atomic mass is 9.99. The third kappa shape index (κ3) is 6.35. The molecule has 0 spiro atoms. The van der Waals surface area contributed by atoms with Crippen LogP contribution in [0.1, 0.15) is 38.2 Å². The van der Waals surface area contributed by atoms with Gasteiger partial charge in [-0.05, 0) is 42.3 Å². The largest absolute Gasteiger partial charge is 0.362 e. The molecule has 3 N–H and O–H groups in total. The van der Waals surface area contributed by atoms with E-state index in [0.717, 1.165) is 25.2 Å². The number of rotatable bonds is 7. The predicted octanol–water partition coefficient (Wildman–Crippen LogP) is 2.02. The first-order valence-electron chi connectivity index (χ1n) is 7.46. The molecule has 112 valence electrons. The minimum atomic E-state index is 0.614. The Morgan fingerprint density at radius 3 is 2.45 bits per heavy atom. The molecule has 0 bridgehead atoms. The van der Waals surface area contributed by atoms with Gasteiger partial charge in [0.15, 0.2) is 5.11 Å². The highest BCUT2D eigenvalue weighted by molar-refractivity contribution is 7.80. The lowest BCUT2D eigenvalue weighted by Crippen LogP contribution is -3.05. The summed E-state index contributed by atoms with van der Waals surface area (Å²) >= 11 is 5.29. The monoisotopic (exact) mass is 294 g/mol. The van der Waals surface area contributed by atoms with E-state index >= 15 is 0 Å². The standard InChI is InChI=1S/C16H27N3S/c1-5-13(2)14-7-9-15(10-8-14)18-16(20)17-11-6-12-19(3)4/h7-10,13H,5-6,11-12H2,1-4H3,(H2,17,18,20)/p+1/t13-/m1/s1. The average Bonchev–Trinajstić information content (AvgIpc) is 2.43. The Balaban J connectivity index is 2.35. The van der Waals surface area contributed by atoms with Gasteiger partial charge >= 0.3 is 0 Å². The van der Waals surface area contributed by atoms with Gasteiger partial charge in [-0.1, -0.05) is 26.0 Å². The van der Waals surface area contributed by atoms with E-state index in [1.54, 1.807) is 0 Å². The van der Waals surface area contributed by atoms with Crippen molar-refractivity contribution in [1.29, 1.82) is 0 Å². The summed E-state index contributed by atoms with van der Waals surface area (Å²) in [7, 11) is 4.32. The van der Waals surface area contributed by atoms with E-state index in [1.807, 2.05) is 0 Å². The second-order valence-corrected chi connectivity index (χ2v) is 6.03. The van der Waals surface area contributed by atoms with Crippen molar-refractivity contribution in [3.05, 3.63) is 29.8 Å². The number of quaternary nitrogens is 1. The normalized spacial score (nSPS) is 12.2. The second-order valence-electron chi connectivity index (χ2n) is 5.62. The molecule has 0 aromatic heterocycles. The van der Waals surface area contributed by atoms with Crippen molar-refractivity contribution in [2.24, 2.45) is 0 Å². The Hall–Kier alpha value is -1.13. The third-order valence-corrected chi connectivity index (χ3v) is 3.74. The maximum Gasteiger partial charge on any atom is 0.170 e. The Morgan fingerprint density at radius 1 is 1.25 bits per heavy atom. The summed E-state index contributed by atoms with van der Waals surface area (Å²) in [5.74, 6) is 0.614. The van der Waals surface area contributed by atoms with Crippen molar-refractivity contribution in [2.75, 3.05) is 32.5 Å². The Labute approximate surface area is 128 Å². The van der Waals surface area contributed by atoms with Gasteiger partial charge in [-0.3, -0.25) is 0 Å². The van der Waals surface area contributed by atoms with Crippen LogP contribution in [-0.2, 0) is 0 Å². The van der Waals surface area contributed by atoms with Crippen molar-refractivity contribution in [2.45, 2.75) is 32.6 Å². The Morgan fingerprint density at radius 2 is 1.90 bits per heavy atom. The SMILES string of the molecule is CC[C@@H](C)c1ccc(NC(=S)NCCC[NH+](C)C)cc1. The zero-order valence-electron chi connectivity index (χ0n) is 13.1. The average molecular weight is 294 g/mol. The Bertz CT molecular complexity index is 401. The molecule has 0 unspecified atom stereocenters. The number of hydrogen-bond acceptors (Lipinski definition) is 1. The van der Waals surface area contributed by atoms with Crippen molar-refractivity contribution < 1.29 is 4.90 Å². The van der Waals surface area contributed by atoms with Crippen LogP contribution >= 0.6 is 12.2 Å². The summed E-state index contributed by atoms with van der Waals surface area (Å²) in [4.78, 5) is 1.46. The van der Waals surface area contributed by atoms with Crippen LogP contribution in [0.15, 0.2) is 24.3 Å². The summed E-state index contributed by atoms with van der Waals surface area (Å²) in [6.45, 7) is 6.54. The molecular formula is C16H28N3S+. The van der Waals surface area contributed by atoms with E-state index in [0.29, 0.717) is 11.0 Å². The van der Waals surface area contributed by atoms with Crippen LogP contribution in [0.4, 0.5) is 5.69 Å². The van der Waals surface area contributed by atoms with Gasteiger partial charge in [0.05, 0.1) is 20.6 Å². The maximum absolute atomic E-state index is 5.29. The molecule has 0 heterocycles. The highest BCUT2D eigenvalue weighted by Gasteiger charge is 2.03. The van der Waals surface area contributed by atoms with E-state index in [1.165, 1.54) is 16.9 Å². The molecule has 0 aliphatic rings. The van der Waals surface area contributed by atoms with E-state index < -0.39 is 0 Å². The quantitative estimate of drug-likeness (QED) is 0.531. The second kappa shape index (κ2) is 8.93. The van der Waals surface area contributed by atoms with Crippen molar-refractivity contribution in [3.63, 3.8) is 0 Å². The van der Waals surface area contributed by atoms with Crippen LogP contribution in [0.25, 0.3) is 0 Å². The molecule has 0 aliphatic heterocycles. The van der Waals surface area contributed by atoms with Gasteiger partial charge in [0.2, 0.25) is 0 Å². The van der Waals surface area contributed by atoms with E-state index in [9.17, 15) is 0 Å². The molecule has 0 fully saturated rings. The van der Waals surface area contributed by atoms with Crippen molar-refractivity contribution in [3.8, 4) is 0 Å². The molecule has 1 rings (SSSR count). The number of thiocarbonyl (C=S) groups is 1. The molecule has 4 heteroatoms. The molecule has 1 aromatic carbocycles. The van der Waals surface area contributed by atoms with Crippen LogP contribution < -0.4 is 15.5 Å². The van der Waals surface area contributed by atoms with Crippen LogP contribution in [0.2, 0.25) is 0 Å². The van der Waals surface area contributed by atoms with Gasteiger partial charge in [0.25, 0.3) is 0 Å². The van der Waals surface area contributed by atoms with Crippen molar-refractivity contribution >= 4 is 23.0 Å². The van der Waals surface area contributed by atoms with Gasteiger partial charge in [0, 0.05) is 18.7 Å². The topological polar surface area (TPSA) is 28.5 Å². The number of anilines is 1. The molecule has 1 aromatic rings. The highest BCUT2D eigenvalue weighted by Crippen LogP contribution is 2.20. The van der Waals surface area contributed by atoms with Crippen LogP contribution in [0.3, 0.4) is 0 Å². The summed E-state index contributed by atoms with van der Waals surface area (Å²) in [6.07, 6.45) is 2.29. The molecule has 0 saturated heterocycles. The maximum atomic E-state index is 5.29. The van der Waals surface area contributed by atoms with Crippen LogP contribution in [0, 0.1) is 0 Å². The van der Waals surface area contributed by atoms with Gasteiger partial charge in [0.1, 0.15) is 0 Å². The minimum absolute atomic E-state index is 0.614. The molecule has 0 amide bonds. The third-order valence-electron chi connectivity index (χ3n) is 3.49. The first-order chi connectivity index (χ1) is 9.52. The zero-order chi connectivity index (χ0) is 15.0. The van der Waals surface area contributed by atoms with Gasteiger partial charge in [-0.15, -0.1) is 0 Å². The zero-order valence-corrected chi connectivity index (χ0v) is 13.9. The number of benzene rings is 1. The first-order valence-corrected chi connectivity index (χ1v) is 7.87. The lowest BCUT2D eigenvalue weighted by Gasteiger charge is -2.13. The molecular weight excluding hydrogens is 266 g/mol. The number of hydrogen-bond donors (Lipinski definition) is 3. The van der Waals surface area contributed by atoms with Crippen LogP contribution in [0.5, 0.6) is 0 Å². The summed E-state index contributed by atoms with van der Waals surface area (Å²) < 4.78 is 0.